The lowest BCUT2D eigenvalue weighted by atomic mass is 9.84. The zero-order chi connectivity index (χ0) is 26.6. The molecule has 37 heavy (non-hydrogen) atoms. The van der Waals surface area contributed by atoms with Crippen LogP contribution < -0.4 is 15.0 Å². The summed E-state index contributed by atoms with van der Waals surface area (Å²) in [6.07, 6.45) is -1.51. The second kappa shape index (κ2) is 11.2. The molecule has 1 aliphatic rings. The number of halogens is 4. The first-order chi connectivity index (χ1) is 17.6. The lowest BCUT2D eigenvalue weighted by molar-refractivity contribution is -0.137. The molecule has 3 aromatic rings. The highest BCUT2D eigenvalue weighted by Crippen LogP contribution is 2.39. The Morgan fingerprint density at radius 1 is 1.14 bits per heavy atom. The van der Waals surface area contributed by atoms with Crippen LogP contribution in [0, 0.1) is 5.82 Å². The average molecular weight is 516 g/mol. The second-order valence-electron chi connectivity index (χ2n) is 8.63. The Bertz CT molecular complexity index is 1240. The Morgan fingerprint density at radius 3 is 2.54 bits per heavy atom. The van der Waals surface area contributed by atoms with E-state index in [4.69, 9.17) is 4.74 Å². The van der Waals surface area contributed by atoms with Crippen LogP contribution in [0.4, 0.5) is 28.9 Å². The van der Waals surface area contributed by atoms with Crippen molar-refractivity contribution in [2.45, 2.75) is 19.6 Å². The van der Waals surface area contributed by atoms with Crippen LogP contribution in [-0.4, -0.2) is 54.0 Å². The predicted molar refractivity (Wildman–Crippen MR) is 132 cm³/mol. The van der Waals surface area contributed by atoms with Crippen LogP contribution in [0.2, 0.25) is 6.82 Å². The lowest BCUT2D eigenvalue weighted by Crippen LogP contribution is -2.51. The fourth-order valence-electron chi connectivity index (χ4n) is 4.06. The van der Waals surface area contributed by atoms with Crippen LogP contribution in [-0.2, 0) is 12.8 Å². The molecule has 12 heteroatoms. The van der Waals surface area contributed by atoms with Crippen molar-refractivity contribution in [1.82, 2.24) is 9.79 Å². The van der Waals surface area contributed by atoms with E-state index in [1.54, 1.807) is 41.1 Å². The van der Waals surface area contributed by atoms with Gasteiger partial charge < -0.3 is 24.8 Å². The molecule has 2 heterocycles. The average Bonchev–Trinajstić information content (AvgIpc) is 2.88. The SMILES string of the molecule is CB(O)N1CCN(c2ccc(NC(=O)c3ccc(F)c(OCc4cccnc4)c3)cc2C(F)(F)F)CC1. The fourth-order valence-corrected chi connectivity index (χ4v) is 4.06. The summed E-state index contributed by atoms with van der Waals surface area (Å²) in [5, 5.41) is 12.2. The van der Waals surface area contributed by atoms with Gasteiger partial charge in [-0.05, 0) is 49.3 Å². The normalized spacial score (nSPS) is 14.4. The van der Waals surface area contributed by atoms with Gasteiger partial charge in [-0.25, -0.2) is 4.39 Å². The maximum absolute atomic E-state index is 14.2. The van der Waals surface area contributed by atoms with Gasteiger partial charge in [0.1, 0.15) is 6.61 Å². The topological polar surface area (TPSA) is 77.9 Å². The summed E-state index contributed by atoms with van der Waals surface area (Å²) in [6.45, 7) is 3.11. The van der Waals surface area contributed by atoms with Gasteiger partial charge in [0.15, 0.2) is 11.6 Å². The third-order valence-electron chi connectivity index (χ3n) is 6.05. The number of hydrogen-bond donors (Lipinski definition) is 2. The zero-order valence-corrected chi connectivity index (χ0v) is 20.0. The maximum Gasteiger partial charge on any atom is 0.418 e. The van der Waals surface area contributed by atoms with E-state index in [0.717, 1.165) is 12.1 Å². The number of carbonyl (C=O) groups excluding carboxylic acids is 1. The number of alkyl halides is 3. The van der Waals surface area contributed by atoms with E-state index in [0.29, 0.717) is 31.7 Å². The van der Waals surface area contributed by atoms with Crippen LogP contribution in [0.3, 0.4) is 0 Å². The summed E-state index contributed by atoms with van der Waals surface area (Å²) >= 11 is 0. The summed E-state index contributed by atoms with van der Waals surface area (Å²) in [7, 11) is -0.672. The van der Waals surface area contributed by atoms with E-state index in [1.165, 1.54) is 24.3 Å². The molecular weight excluding hydrogens is 491 g/mol. The van der Waals surface area contributed by atoms with Crippen LogP contribution in [0.5, 0.6) is 5.75 Å². The van der Waals surface area contributed by atoms with Gasteiger partial charge in [0.2, 0.25) is 0 Å². The van der Waals surface area contributed by atoms with Gasteiger partial charge in [0.05, 0.1) is 5.56 Å². The van der Waals surface area contributed by atoms with Gasteiger partial charge in [0, 0.05) is 61.1 Å². The van der Waals surface area contributed by atoms with Gasteiger partial charge in [0.25, 0.3) is 5.91 Å². The van der Waals surface area contributed by atoms with Crippen molar-refractivity contribution in [3.05, 3.63) is 83.4 Å². The minimum Gasteiger partial charge on any atom is -0.486 e. The molecule has 0 saturated carbocycles. The van der Waals surface area contributed by atoms with E-state index < -0.39 is 30.5 Å². The standard InChI is InChI=1S/C25H25BF4N4O3/c1-26(36)34-11-9-33(10-12-34)22-7-5-19(14-20(22)25(28,29)30)32-24(35)18-4-6-21(27)23(13-18)37-16-17-3-2-8-31-15-17/h2-8,13-15,36H,9-12,16H2,1H3,(H,32,35). The number of aromatic nitrogens is 1. The zero-order valence-electron chi connectivity index (χ0n) is 20.0. The molecule has 1 aromatic heterocycles. The van der Waals surface area contributed by atoms with Crippen molar-refractivity contribution in [1.29, 1.82) is 0 Å². The number of hydrogen-bond acceptors (Lipinski definition) is 6. The molecule has 0 radical (unpaired) electrons. The highest BCUT2D eigenvalue weighted by atomic mass is 19.4. The quantitative estimate of drug-likeness (QED) is 0.360. The Hall–Kier alpha value is -3.64. The van der Waals surface area contributed by atoms with E-state index in [1.807, 2.05) is 0 Å². The predicted octanol–water partition coefficient (Wildman–Crippen LogP) is 4.30. The second-order valence-corrected chi connectivity index (χ2v) is 8.63. The summed E-state index contributed by atoms with van der Waals surface area (Å²) in [6, 6.07) is 10.5. The molecular formula is C25H25BF4N4O3. The largest absolute Gasteiger partial charge is 0.486 e. The van der Waals surface area contributed by atoms with Crippen molar-refractivity contribution in [2.75, 3.05) is 36.4 Å². The monoisotopic (exact) mass is 516 g/mol. The lowest BCUT2D eigenvalue weighted by Gasteiger charge is -2.37. The molecule has 1 aliphatic heterocycles. The molecule has 1 fully saturated rings. The first-order valence-corrected chi connectivity index (χ1v) is 11.6. The molecule has 1 amide bonds. The van der Waals surface area contributed by atoms with Gasteiger partial charge in [-0.2, -0.15) is 13.2 Å². The third kappa shape index (κ3) is 6.58. The third-order valence-corrected chi connectivity index (χ3v) is 6.05. The van der Waals surface area contributed by atoms with Gasteiger partial charge in [-0.1, -0.05) is 6.07 Å². The van der Waals surface area contributed by atoms with Crippen molar-refractivity contribution >= 4 is 24.3 Å². The fraction of sp³-hybridized carbons (Fsp3) is 0.280. The van der Waals surface area contributed by atoms with Crippen LogP contribution >= 0.6 is 0 Å². The molecule has 1 saturated heterocycles. The van der Waals surface area contributed by atoms with Gasteiger partial charge in [-0.15, -0.1) is 0 Å². The minimum absolute atomic E-state index is 0.00334. The highest BCUT2D eigenvalue weighted by Gasteiger charge is 2.36. The first-order valence-electron chi connectivity index (χ1n) is 11.6. The number of ether oxygens (including phenoxy) is 1. The molecule has 0 spiro atoms. The molecule has 2 N–H and O–H groups in total. The van der Waals surface area contributed by atoms with Crippen LogP contribution in [0.1, 0.15) is 21.5 Å². The van der Waals surface area contributed by atoms with Crippen molar-refractivity contribution in [3.8, 4) is 5.75 Å². The highest BCUT2D eigenvalue weighted by molar-refractivity contribution is 6.45. The maximum atomic E-state index is 14.2. The number of pyridine rings is 1. The molecule has 0 aliphatic carbocycles. The molecule has 2 aromatic carbocycles. The Morgan fingerprint density at radius 2 is 1.89 bits per heavy atom. The number of amides is 1. The first kappa shape index (κ1) is 26.4. The molecule has 4 rings (SSSR count). The van der Waals surface area contributed by atoms with E-state index >= 15 is 0 Å². The molecule has 0 unspecified atom stereocenters. The Balaban J connectivity index is 1.49. The smallest absolute Gasteiger partial charge is 0.418 e. The molecule has 194 valence electrons. The number of nitrogens with one attached hydrogen (secondary N) is 1. The number of benzene rings is 2. The summed E-state index contributed by atoms with van der Waals surface area (Å²) < 4.78 is 61.4. The Labute approximate surface area is 211 Å². The number of piperazine rings is 1. The summed E-state index contributed by atoms with van der Waals surface area (Å²) in [5.41, 5.74) is -0.205. The molecule has 0 bridgehead atoms. The number of carbonyl (C=O) groups is 1. The Kier molecular flexibility index (Phi) is 7.99. The van der Waals surface area contributed by atoms with Crippen LogP contribution in [0.15, 0.2) is 60.9 Å². The van der Waals surface area contributed by atoms with Crippen molar-refractivity contribution in [2.24, 2.45) is 0 Å². The van der Waals surface area contributed by atoms with E-state index in [9.17, 15) is 27.4 Å². The number of nitrogens with zero attached hydrogens (tertiary/aromatic N) is 3. The number of rotatable bonds is 7. The molecule has 7 nitrogen and oxygen atoms in total. The van der Waals surface area contributed by atoms with E-state index in [-0.39, 0.29) is 29.3 Å². The van der Waals surface area contributed by atoms with Crippen molar-refractivity contribution in [3.63, 3.8) is 0 Å². The van der Waals surface area contributed by atoms with Crippen molar-refractivity contribution < 1.29 is 32.1 Å². The minimum atomic E-state index is -4.65. The molecule has 0 atom stereocenters. The van der Waals surface area contributed by atoms with Gasteiger partial charge >= 0.3 is 13.2 Å². The van der Waals surface area contributed by atoms with E-state index in [2.05, 4.69) is 10.3 Å². The summed E-state index contributed by atoms with van der Waals surface area (Å²) in [5.74, 6) is -1.56. The van der Waals surface area contributed by atoms with Gasteiger partial charge in [-0.3, -0.25) is 9.78 Å². The number of anilines is 2. The summed E-state index contributed by atoms with van der Waals surface area (Å²) in [4.78, 5) is 20.1. The van der Waals surface area contributed by atoms with Crippen LogP contribution in [0.25, 0.3) is 0 Å².